The molecule has 0 saturated heterocycles. The lowest BCUT2D eigenvalue weighted by molar-refractivity contribution is -0.155. The van der Waals surface area contributed by atoms with Crippen LogP contribution in [-0.4, -0.2) is 17.6 Å². The van der Waals surface area contributed by atoms with Gasteiger partial charge in [-0.1, -0.05) is 0 Å². The van der Waals surface area contributed by atoms with Crippen LogP contribution in [0.5, 0.6) is 0 Å². The summed E-state index contributed by atoms with van der Waals surface area (Å²) in [4.78, 5) is 11.8. The van der Waals surface area contributed by atoms with E-state index in [1.807, 2.05) is 20.8 Å². The van der Waals surface area contributed by atoms with E-state index < -0.39 is 11.6 Å². The minimum atomic E-state index is -0.521. The van der Waals surface area contributed by atoms with Crippen LogP contribution in [0.3, 0.4) is 0 Å². The second kappa shape index (κ2) is 5.69. The second-order valence-corrected chi connectivity index (χ2v) is 5.88. The van der Waals surface area contributed by atoms with E-state index >= 15 is 0 Å². The zero-order valence-corrected chi connectivity index (χ0v) is 12.5. The summed E-state index contributed by atoms with van der Waals surface area (Å²) in [6.07, 6.45) is 0. The molecule has 1 N–H and O–H groups in total. The fourth-order valence-electron chi connectivity index (χ4n) is 1.29. The molecular weight excluding hydrogens is 301 g/mol. The molecule has 0 fully saturated rings. The molecule has 0 aromatic heterocycles. The van der Waals surface area contributed by atoms with Crippen molar-refractivity contribution >= 4 is 27.6 Å². The van der Waals surface area contributed by atoms with Gasteiger partial charge < -0.3 is 10.1 Å². The molecule has 3 nitrogen and oxygen atoms in total. The van der Waals surface area contributed by atoms with Crippen molar-refractivity contribution in [3.8, 4) is 0 Å². The molecule has 0 bridgehead atoms. The summed E-state index contributed by atoms with van der Waals surface area (Å²) in [7, 11) is 0. The third-order valence-electron chi connectivity index (χ3n) is 2.06. The predicted octanol–water partition coefficient (Wildman–Crippen LogP) is 3.73. The molecule has 0 saturated carbocycles. The number of rotatable bonds is 3. The van der Waals surface area contributed by atoms with Gasteiger partial charge in [-0.3, -0.25) is 0 Å². The number of nitrogens with one attached hydrogen (secondary N) is 1. The van der Waals surface area contributed by atoms with Crippen molar-refractivity contribution in [3.63, 3.8) is 0 Å². The Morgan fingerprint density at radius 1 is 1.44 bits per heavy atom. The molecule has 18 heavy (non-hydrogen) atoms. The van der Waals surface area contributed by atoms with Crippen LogP contribution in [0.4, 0.5) is 10.1 Å². The van der Waals surface area contributed by atoms with Crippen LogP contribution in [0.15, 0.2) is 22.7 Å². The number of carbonyl (C=O) groups excluding carboxylic acids is 1. The molecule has 0 aliphatic carbocycles. The Labute approximate surface area is 115 Å². The number of anilines is 1. The number of hydrogen-bond acceptors (Lipinski definition) is 3. The van der Waals surface area contributed by atoms with Gasteiger partial charge in [-0.05, 0) is 61.8 Å². The largest absolute Gasteiger partial charge is 0.458 e. The quantitative estimate of drug-likeness (QED) is 0.863. The van der Waals surface area contributed by atoms with Crippen molar-refractivity contribution in [2.75, 3.05) is 5.32 Å². The first-order valence-electron chi connectivity index (χ1n) is 5.63. The van der Waals surface area contributed by atoms with Crippen LogP contribution in [0.25, 0.3) is 0 Å². The predicted molar refractivity (Wildman–Crippen MR) is 73.0 cm³/mol. The van der Waals surface area contributed by atoms with E-state index in [-0.39, 0.29) is 11.8 Å². The van der Waals surface area contributed by atoms with Gasteiger partial charge in [0.05, 0.1) is 0 Å². The molecule has 1 atom stereocenters. The SMILES string of the molecule is CC(Nc1ccc(F)cc1Br)C(=O)OC(C)(C)C. The zero-order chi connectivity index (χ0) is 13.9. The lowest BCUT2D eigenvalue weighted by atomic mass is 10.2. The number of hydrogen-bond donors (Lipinski definition) is 1. The van der Waals surface area contributed by atoms with Gasteiger partial charge in [0.2, 0.25) is 0 Å². The molecule has 0 amide bonds. The summed E-state index contributed by atoms with van der Waals surface area (Å²) in [6, 6.07) is 3.73. The Bertz CT molecular complexity index is 443. The molecule has 5 heteroatoms. The maximum absolute atomic E-state index is 12.9. The van der Waals surface area contributed by atoms with Gasteiger partial charge >= 0.3 is 5.97 Å². The Balaban J connectivity index is 2.69. The first-order chi connectivity index (χ1) is 8.19. The normalized spacial score (nSPS) is 13.0. The van der Waals surface area contributed by atoms with Crippen molar-refractivity contribution in [2.45, 2.75) is 39.3 Å². The molecule has 1 rings (SSSR count). The van der Waals surface area contributed by atoms with E-state index in [1.165, 1.54) is 12.1 Å². The highest BCUT2D eigenvalue weighted by Crippen LogP contribution is 2.24. The Morgan fingerprint density at radius 2 is 2.06 bits per heavy atom. The Kier molecular flexibility index (Phi) is 4.73. The van der Waals surface area contributed by atoms with E-state index in [4.69, 9.17) is 4.74 Å². The fourth-order valence-corrected chi connectivity index (χ4v) is 1.75. The molecular formula is C13H17BrFNO2. The van der Waals surface area contributed by atoms with Gasteiger partial charge in [-0.25, -0.2) is 9.18 Å². The number of carbonyl (C=O) groups is 1. The van der Waals surface area contributed by atoms with Gasteiger partial charge in [0.25, 0.3) is 0 Å². The van der Waals surface area contributed by atoms with Gasteiger partial charge in [0.15, 0.2) is 0 Å². The van der Waals surface area contributed by atoms with Crippen LogP contribution in [0.1, 0.15) is 27.7 Å². The van der Waals surface area contributed by atoms with E-state index in [1.54, 1.807) is 13.0 Å². The van der Waals surface area contributed by atoms with Gasteiger partial charge in [0.1, 0.15) is 17.5 Å². The summed E-state index contributed by atoms with van der Waals surface area (Å²) >= 11 is 3.23. The summed E-state index contributed by atoms with van der Waals surface area (Å²) in [6.45, 7) is 7.13. The molecule has 0 spiro atoms. The Morgan fingerprint density at radius 3 is 2.56 bits per heavy atom. The average Bonchev–Trinajstić information content (AvgIpc) is 2.19. The van der Waals surface area contributed by atoms with Crippen molar-refractivity contribution in [2.24, 2.45) is 0 Å². The van der Waals surface area contributed by atoms with Gasteiger partial charge in [-0.2, -0.15) is 0 Å². The van der Waals surface area contributed by atoms with E-state index in [0.717, 1.165) is 0 Å². The summed E-state index contributed by atoms with van der Waals surface area (Å²) in [5.41, 5.74) is 0.127. The summed E-state index contributed by atoms with van der Waals surface area (Å²) in [5.74, 6) is -0.684. The van der Waals surface area contributed by atoms with Crippen LogP contribution < -0.4 is 5.32 Å². The van der Waals surface area contributed by atoms with Gasteiger partial charge in [0, 0.05) is 10.2 Å². The maximum atomic E-state index is 12.9. The maximum Gasteiger partial charge on any atom is 0.328 e. The van der Waals surface area contributed by atoms with E-state index in [2.05, 4.69) is 21.2 Å². The fraction of sp³-hybridized carbons (Fsp3) is 0.462. The number of benzene rings is 1. The highest BCUT2D eigenvalue weighted by molar-refractivity contribution is 9.10. The van der Waals surface area contributed by atoms with E-state index in [9.17, 15) is 9.18 Å². The number of ether oxygens (including phenoxy) is 1. The van der Waals surface area contributed by atoms with Crippen molar-refractivity contribution in [1.29, 1.82) is 0 Å². The molecule has 0 aliphatic rings. The lowest BCUT2D eigenvalue weighted by Gasteiger charge is -2.23. The van der Waals surface area contributed by atoms with Crippen molar-refractivity contribution in [3.05, 3.63) is 28.5 Å². The van der Waals surface area contributed by atoms with Gasteiger partial charge in [-0.15, -0.1) is 0 Å². The second-order valence-electron chi connectivity index (χ2n) is 5.02. The van der Waals surface area contributed by atoms with Crippen molar-refractivity contribution in [1.82, 2.24) is 0 Å². The molecule has 1 aromatic carbocycles. The molecule has 100 valence electrons. The molecule has 0 radical (unpaired) electrons. The highest BCUT2D eigenvalue weighted by Gasteiger charge is 2.21. The summed E-state index contributed by atoms with van der Waals surface area (Å²) in [5, 5.41) is 2.97. The standard InChI is InChI=1S/C13H17BrFNO2/c1-8(12(17)18-13(2,3)4)16-11-6-5-9(15)7-10(11)14/h5-8,16H,1-4H3. The van der Waals surface area contributed by atoms with Crippen LogP contribution in [0, 0.1) is 5.82 Å². The zero-order valence-electron chi connectivity index (χ0n) is 10.9. The minimum absolute atomic E-state index is 0.336. The average molecular weight is 318 g/mol. The first kappa shape index (κ1) is 15.0. The lowest BCUT2D eigenvalue weighted by Crippen LogP contribution is -2.34. The third-order valence-corrected chi connectivity index (χ3v) is 2.72. The topological polar surface area (TPSA) is 38.3 Å². The smallest absolute Gasteiger partial charge is 0.328 e. The van der Waals surface area contributed by atoms with Crippen LogP contribution >= 0.6 is 15.9 Å². The third kappa shape index (κ3) is 4.64. The summed E-state index contributed by atoms with van der Waals surface area (Å²) < 4.78 is 18.7. The first-order valence-corrected chi connectivity index (χ1v) is 6.43. The molecule has 0 aliphatic heterocycles. The van der Waals surface area contributed by atoms with Crippen LogP contribution in [0.2, 0.25) is 0 Å². The Hall–Kier alpha value is -1.10. The molecule has 1 unspecified atom stereocenters. The number of esters is 1. The van der Waals surface area contributed by atoms with Crippen molar-refractivity contribution < 1.29 is 13.9 Å². The molecule has 0 heterocycles. The monoisotopic (exact) mass is 317 g/mol. The minimum Gasteiger partial charge on any atom is -0.458 e. The van der Waals surface area contributed by atoms with Crippen LogP contribution in [-0.2, 0) is 9.53 Å². The number of halogens is 2. The highest BCUT2D eigenvalue weighted by atomic mass is 79.9. The molecule has 1 aromatic rings. The van der Waals surface area contributed by atoms with E-state index in [0.29, 0.717) is 10.2 Å².